The van der Waals surface area contributed by atoms with E-state index in [1.54, 1.807) is 13.8 Å². The molecule has 0 unspecified atom stereocenters. The van der Waals surface area contributed by atoms with E-state index >= 15 is 0 Å². The van der Waals surface area contributed by atoms with Crippen molar-refractivity contribution < 1.29 is 14.3 Å². The summed E-state index contributed by atoms with van der Waals surface area (Å²) in [6.07, 6.45) is 0. The van der Waals surface area contributed by atoms with Crippen molar-refractivity contribution in [3.8, 4) is 0 Å². The van der Waals surface area contributed by atoms with Crippen LogP contribution in [0.4, 0.5) is 4.39 Å². The van der Waals surface area contributed by atoms with Gasteiger partial charge in [-0.1, -0.05) is 0 Å². The molecule has 1 heterocycles. The fraction of sp³-hybridized carbons (Fsp3) is 0.333. The van der Waals surface area contributed by atoms with Gasteiger partial charge in [0.2, 0.25) is 0 Å². The number of hydrogen-bond donors (Lipinski definition) is 3. The molecule has 6 heteroatoms. The first-order valence-corrected chi connectivity index (χ1v) is 5.50. The van der Waals surface area contributed by atoms with E-state index in [1.807, 2.05) is 0 Å². The van der Waals surface area contributed by atoms with E-state index < -0.39 is 17.3 Å². The third kappa shape index (κ3) is 2.33. The van der Waals surface area contributed by atoms with Gasteiger partial charge >= 0.3 is 0 Å². The Kier molecular flexibility index (Phi) is 3.04. The zero-order chi connectivity index (χ0) is 13.3. The summed E-state index contributed by atoms with van der Waals surface area (Å²) in [7, 11) is 0. The number of carbonyl (C=O) groups excluding carboxylic acids is 1. The highest BCUT2D eigenvalue weighted by molar-refractivity contribution is 6.04. The lowest BCUT2D eigenvalue weighted by molar-refractivity contribution is 0.0866. The molecule has 18 heavy (non-hydrogen) atoms. The number of rotatable bonds is 3. The van der Waals surface area contributed by atoms with Gasteiger partial charge in [0, 0.05) is 5.39 Å². The molecular weight excluding hydrogens is 237 g/mol. The molecule has 0 aliphatic carbocycles. The summed E-state index contributed by atoms with van der Waals surface area (Å²) < 4.78 is 13.1. The topological polar surface area (TPSA) is 78.0 Å². The molecule has 1 aromatic carbocycles. The number of nitrogens with one attached hydrogen (secondary N) is 2. The lowest BCUT2D eigenvalue weighted by atomic mass is 10.1. The number of nitrogens with zero attached hydrogens (tertiary/aromatic N) is 1. The second-order valence-corrected chi connectivity index (χ2v) is 4.76. The molecule has 2 aromatic rings. The standard InChI is InChI=1S/C12H14FN3O2/c1-12(2,6-17)14-11(18)10-8-5-7(13)3-4-9(8)15-16-10/h3-5,17H,6H2,1-2H3,(H,14,18)(H,15,16). The maximum Gasteiger partial charge on any atom is 0.272 e. The van der Waals surface area contributed by atoms with Gasteiger partial charge in [0.05, 0.1) is 17.7 Å². The summed E-state index contributed by atoms with van der Waals surface area (Å²) in [4.78, 5) is 12.0. The van der Waals surface area contributed by atoms with Crippen molar-refractivity contribution in [2.75, 3.05) is 6.61 Å². The molecule has 0 bridgehead atoms. The number of aromatic nitrogens is 2. The lowest BCUT2D eigenvalue weighted by Crippen LogP contribution is -2.46. The van der Waals surface area contributed by atoms with Crippen LogP contribution in [0.2, 0.25) is 0 Å². The van der Waals surface area contributed by atoms with Crippen LogP contribution in [-0.2, 0) is 0 Å². The summed E-state index contributed by atoms with van der Waals surface area (Å²) in [6, 6.07) is 4.06. The van der Waals surface area contributed by atoms with Gasteiger partial charge in [-0.2, -0.15) is 5.10 Å². The molecule has 3 N–H and O–H groups in total. The monoisotopic (exact) mass is 251 g/mol. The Morgan fingerprint density at radius 1 is 1.56 bits per heavy atom. The van der Waals surface area contributed by atoms with Crippen molar-refractivity contribution in [2.45, 2.75) is 19.4 Å². The van der Waals surface area contributed by atoms with Crippen LogP contribution in [0.1, 0.15) is 24.3 Å². The minimum Gasteiger partial charge on any atom is -0.394 e. The summed E-state index contributed by atoms with van der Waals surface area (Å²) in [5.41, 5.74) is -0.0512. The molecule has 0 fully saturated rings. The molecule has 5 nitrogen and oxygen atoms in total. The predicted octanol–water partition coefficient (Wildman–Crippen LogP) is 1.20. The highest BCUT2D eigenvalue weighted by Crippen LogP contribution is 2.17. The molecule has 1 amide bonds. The predicted molar refractivity (Wildman–Crippen MR) is 64.7 cm³/mol. The molecule has 0 aliphatic rings. The third-order valence-electron chi connectivity index (χ3n) is 2.59. The first-order valence-electron chi connectivity index (χ1n) is 5.50. The Morgan fingerprint density at radius 2 is 2.28 bits per heavy atom. The highest BCUT2D eigenvalue weighted by atomic mass is 19.1. The number of benzene rings is 1. The Labute approximate surface area is 103 Å². The van der Waals surface area contributed by atoms with E-state index in [0.29, 0.717) is 10.9 Å². The van der Waals surface area contributed by atoms with Crippen molar-refractivity contribution in [1.82, 2.24) is 15.5 Å². The number of halogens is 1. The van der Waals surface area contributed by atoms with Crippen LogP contribution in [0.15, 0.2) is 18.2 Å². The minimum absolute atomic E-state index is 0.117. The third-order valence-corrected chi connectivity index (χ3v) is 2.59. The molecule has 0 spiro atoms. The van der Waals surface area contributed by atoms with Crippen LogP contribution in [0.5, 0.6) is 0 Å². The Hall–Kier alpha value is -1.95. The molecule has 0 radical (unpaired) electrons. The van der Waals surface area contributed by atoms with Crippen molar-refractivity contribution in [3.63, 3.8) is 0 Å². The zero-order valence-corrected chi connectivity index (χ0v) is 10.1. The van der Waals surface area contributed by atoms with Gasteiger partial charge < -0.3 is 10.4 Å². The molecule has 96 valence electrons. The van der Waals surface area contributed by atoms with Crippen LogP contribution < -0.4 is 5.32 Å². The molecule has 0 atom stereocenters. The van der Waals surface area contributed by atoms with E-state index in [0.717, 1.165) is 0 Å². The van der Waals surface area contributed by atoms with Gasteiger partial charge in [-0.25, -0.2) is 4.39 Å². The van der Waals surface area contributed by atoms with Crippen molar-refractivity contribution in [1.29, 1.82) is 0 Å². The van der Waals surface area contributed by atoms with Gasteiger partial charge in [0.1, 0.15) is 5.82 Å². The van der Waals surface area contributed by atoms with E-state index in [2.05, 4.69) is 15.5 Å². The van der Waals surface area contributed by atoms with Gasteiger partial charge in [-0.15, -0.1) is 0 Å². The second-order valence-electron chi connectivity index (χ2n) is 4.76. The van der Waals surface area contributed by atoms with Crippen LogP contribution in [0.3, 0.4) is 0 Å². The average Bonchev–Trinajstić information content (AvgIpc) is 2.71. The number of hydrogen-bond acceptors (Lipinski definition) is 3. The smallest absolute Gasteiger partial charge is 0.272 e. The van der Waals surface area contributed by atoms with Crippen LogP contribution in [0, 0.1) is 5.82 Å². The largest absolute Gasteiger partial charge is 0.394 e. The molecule has 0 saturated carbocycles. The van der Waals surface area contributed by atoms with Crippen molar-refractivity contribution in [2.24, 2.45) is 0 Å². The SMILES string of the molecule is CC(C)(CO)NC(=O)c1n[nH]c2ccc(F)cc12. The number of aliphatic hydroxyl groups excluding tert-OH is 1. The second kappa shape index (κ2) is 4.38. The van der Waals surface area contributed by atoms with Gasteiger partial charge in [-0.05, 0) is 32.0 Å². The highest BCUT2D eigenvalue weighted by Gasteiger charge is 2.23. The van der Waals surface area contributed by atoms with Gasteiger partial charge in [0.15, 0.2) is 5.69 Å². The van der Waals surface area contributed by atoms with Crippen LogP contribution >= 0.6 is 0 Å². The summed E-state index contributed by atoms with van der Waals surface area (Å²) in [5, 5.41) is 18.7. The normalized spacial score (nSPS) is 11.8. The van der Waals surface area contributed by atoms with Crippen molar-refractivity contribution in [3.05, 3.63) is 29.7 Å². The van der Waals surface area contributed by atoms with E-state index in [-0.39, 0.29) is 12.3 Å². The molecular formula is C12H14FN3O2. The average molecular weight is 251 g/mol. The number of fused-ring (bicyclic) bond motifs is 1. The lowest BCUT2D eigenvalue weighted by Gasteiger charge is -2.22. The van der Waals surface area contributed by atoms with Crippen LogP contribution in [-0.4, -0.2) is 33.4 Å². The van der Waals surface area contributed by atoms with Crippen LogP contribution in [0.25, 0.3) is 10.9 Å². The van der Waals surface area contributed by atoms with E-state index in [4.69, 9.17) is 5.11 Å². The summed E-state index contributed by atoms with van der Waals surface area (Å²) in [6.45, 7) is 3.16. The summed E-state index contributed by atoms with van der Waals surface area (Å²) >= 11 is 0. The first-order chi connectivity index (χ1) is 8.43. The number of H-pyrrole nitrogens is 1. The molecule has 1 aromatic heterocycles. The quantitative estimate of drug-likeness (QED) is 0.767. The Balaban J connectivity index is 2.36. The fourth-order valence-electron chi connectivity index (χ4n) is 1.57. The first kappa shape index (κ1) is 12.5. The maximum atomic E-state index is 13.1. The van der Waals surface area contributed by atoms with Gasteiger partial charge in [-0.3, -0.25) is 9.89 Å². The van der Waals surface area contributed by atoms with E-state index in [1.165, 1.54) is 18.2 Å². The molecule has 0 aliphatic heterocycles. The fourth-order valence-corrected chi connectivity index (χ4v) is 1.57. The number of amides is 1. The minimum atomic E-state index is -0.754. The maximum absolute atomic E-state index is 13.1. The Morgan fingerprint density at radius 3 is 2.94 bits per heavy atom. The number of aromatic amines is 1. The summed E-state index contributed by atoms with van der Waals surface area (Å²) in [5.74, 6) is -0.884. The Bertz CT molecular complexity index is 592. The van der Waals surface area contributed by atoms with E-state index in [9.17, 15) is 9.18 Å². The molecule has 0 saturated heterocycles. The number of carbonyl (C=O) groups is 1. The van der Waals surface area contributed by atoms with Crippen molar-refractivity contribution >= 4 is 16.8 Å². The zero-order valence-electron chi connectivity index (χ0n) is 10.1. The van der Waals surface area contributed by atoms with Gasteiger partial charge in [0.25, 0.3) is 5.91 Å². The number of aliphatic hydroxyl groups is 1. The molecule has 2 rings (SSSR count).